The fourth-order valence-electron chi connectivity index (χ4n) is 1.73. The average molecular weight is 317 g/mol. The third-order valence-electron chi connectivity index (χ3n) is 2.60. The quantitative estimate of drug-likeness (QED) is 0.378. The zero-order chi connectivity index (χ0) is 15.0. The minimum absolute atomic E-state index is 0. The summed E-state index contributed by atoms with van der Waals surface area (Å²) in [6.45, 7) is 3.64. The molecule has 0 aliphatic carbocycles. The molecule has 0 bridgehead atoms. The fraction of sp³-hybridized carbons (Fsp3) is 0.333. The molecule has 110 valence electrons. The SMILES string of the molecule is CCOC(=O)C=C(C)N[C@@H](Cc1ccccc1)C(=O)O.[H-].[K+]. The van der Waals surface area contributed by atoms with Crippen LogP contribution >= 0.6 is 0 Å². The molecule has 0 fully saturated rings. The number of nitrogens with one attached hydrogen (secondary N) is 1. The van der Waals surface area contributed by atoms with E-state index in [-0.39, 0.29) is 59.4 Å². The van der Waals surface area contributed by atoms with Crippen LogP contribution in [0.25, 0.3) is 0 Å². The Morgan fingerprint density at radius 2 is 2.00 bits per heavy atom. The number of rotatable bonds is 7. The second-order valence-corrected chi connectivity index (χ2v) is 4.30. The van der Waals surface area contributed by atoms with Gasteiger partial charge in [0.1, 0.15) is 6.04 Å². The maximum atomic E-state index is 11.3. The number of carboxylic acids is 1. The van der Waals surface area contributed by atoms with Gasteiger partial charge in [-0.3, -0.25) is 0 Å². The largest absolute Gasteiger partial charge is 1.00 e. The summed E-state index contributed by atoms with van der Waals surface area (Å²) in [4.78, 5) is 22.5. The molecule has 1 rings (SSSR count). The van der Waals surface area contributed by atoms with E-state index >= 15 is 0 Å². The molecule has 0 aromatic heterocycles. The van der Waals surface area contributed by atoms with Crippen LogP contribution in [-0.4, -0.2) is 29.7 Å². The standard InChI is InChI=1S/C15H19NO4.K.H/c1-3-20-14(17)9-11(2)16-13(15(18)19)10-12-7-5-4-6-8-12;;/h4-9,13,16H,3,10H2,1-2H3,(H,18,19);;/q;+1;-1/t13-;;/m0../s1. The fourth-order valence-corrected chi connectivity index (χ4v) is 1.73. The Labute approximate surface area is 168 Å². The zero-order valence-electron chi connectivity index (χ0n) is 13.6. The molecular formula is C15H20KNO4. The third-order valence-corrected chi connectivity index (χ3v) is 2.60. The van der Waals surface area contributed by atoms with Gasteiger partial charge in [0.25, 0.3) is 0 Å². The van der Waals surface area contributed by atoms with Crippen LogP contribution in [0.3, 0.4) is 0 Å². The molecule has 1 aromatic carbocycles. The first kappa shape index (κ1) is 20.3. The number of benzene rings is 1. The van der Waals surface area contributed by atoms with E-state index in [0.717, 1.165) is 5.56 Å². The van der Waals surface area contributed by atoms with Crippen molar-refractivity contribution in [3.63, 3.8) is 0 Å². The summed E-state index contributed by atoms with van der Waals surface area (Å²) in [6, 6.07) is 8.52. The van der Waals surface area contributed by atoms with Crippen LogP contribution in [0.15, 0.2) is 42.1 Å². The van der Waals surface area contributed by atoms with Crippen molar-refractivity contribution in [1.29, 1.82) is 0 Å². The van der Waals surface area contributed by atoms with Crippen molar-refractivity contribution in [2.45, 2.75) is 26.3 Å². The zero-order valence-corrected chi connectivity index (χ0v) is 15.8. The predicted octanol–water partition coefficient (Wildman–Crippen LogP) is -1.14. The smallest absolute Gasteiger partial charge is 1.00 e. The van der Waals surface area contributed by atoms with Gasteiger partial charge in [0.15, 0.2) is 0 Å². The summed E-state index contributed by atoms with van der Waals surface area (Å²) in [7, 11) is 0. The second-order valence-electron chi connectivity index (χ2n) is 4.30. The first-order valence-corrected chi connectivity index (χ1v) is 6.41. The van der Waals surface area contributed by atoms with E-state index in [0.29, 0.717) is 12.1 Å². The molecule has 0 heterocycles. The molecule has 0 saturated heterocycles. The Balaban J connectivity index is 0. The average Bonchev–Trinajstić information content (AvgIpc) is 2.39. The minimum atomic E-state index is -0.967. The van der Waals surface area contributed by atoms with Crippen molar-refractivity contribution in [1.82, 2.24) is 5.32 Å². The molecular weight excluding hydrogens is 297 g/mol. The number of esters is 1. The van der Waals surface area contributed by atoms with Crippen molar-refractivity contribution in [2.75, 3.05) is 6.61 Å². The Morgan fingerprint density at radius 3 is 2.52 bits per heavy atom. The van der Waals surface area contributed by atoms with Gasteiger partial charge < -0.3 is 16.6 Å². The van der Waals surface area contributed by atoms with Gasteiger partial charge in [-0.1, -0.05) is 30.3 Å². The van der Waals surface area contributed by atoms with Crippen molar-refractivity contribution in [3.8, 4) is 0 Å². The molecule has 0 aliphatic rings. The molecule has 1 aromatic rings. The van der Waals surface area contributed by atoms with Crippen molar-refractivity contribution >= 4 is 11.9 Å². The van der Waals surface area contributed by atoms with Gasteiger partial charge in [-0.05, 0) is 19.4 Å². The van der Waals surface area contributed by atoms with Gasteiger partial charge in [-0.25, -0.2) is 9.59 Å². The number of hydrogen-bond donors (Lipinski definition) is 2. The number of ether oxygens (including phenoxy) is 1. The van der Waals surface area contributed by atoms with E-state index in [4.69, 9.17) is 4.74 Å². The van der Waals surface area contributed by atoms with Crippen molar-refractivity contribution < 1.29 is 72.2 Å². The van der Waals surface area contributed by atoms with Crippen LogP contribution in [0, 0.1) is 0 Å². The Morgan fingerprint density at radius 1 is 1.38 bits per heavy atom. The van der Waals surface area contributed by atoms with Crippen LogP contribution in [-0.2, 0) is 20.7 Å². The molecule has 6 heteroatoms. The Kier molecular flexibility index (Phi) is 10.6. The summed E-state index contributed by atoms with van der Waals surface area (Å²) >= 11 is 0. The molecule has 21 heavy (non-hydrogen) atoms. The Hall–Kier alpha value is -0.664. The van der Waals surface area contributed by atoms with Crippen molar-refractivity contribution in [2.24, 2.45) is 0 Å². The number of hydrogen-bond acceptors (Lipinski definition) is 4. The molecule has 0 spiro atoms. The maximum Gasteiger partial charge on any atom is 1.00 e. The van der Waals surface area contributed by atoms with E-state index in [9.17, 15) is 14.7 Å². The van der Waals surface area contributed by atoms with Gasteiger partial charge in [-0.15, -0.1) is 0 Å². The van der Waals surface area contributed by atoms with E-state index < -0.39 is 18.0 Å². The van der Waals surface area contributed by atoms with Crippen molar-refractivity contribution in [3.05, 3.63) is 47.7 Å². The van der Waals surface area contributed by atoms with E-state index in [1.54, 1.807) is 13.8 Å². The first-order valence-electron chi connectivity index (χ1n) is 6.41. The monoisotopic (exact) mass is 317 g/mol. The van der Waals surface area contributed by atoms with Crippen LogP contribution in [0.1, 0.15) is 20.8 Å². The molecule has 0 aliphatic heterocycles. The molecule has 0 radical (unpaired) electrons. The van der Waals surface area contributed by atoms with Crippen LogP contribution in [0.5, 0.6) is 0 Å². The summed E-state index contributed by atoms with van der Waals surface area (Å²) in [5, 5.41) is 12.0. The van der Waals surface area contributed by atoms with Gasteiger partial charge in [-0.2, -0.15) is 0 Å². The summed E-state index contributed by atoms with van der Waals surface area (Å²) in [6.07, 6.45) is 1.59. The molecule has 2 N–H and O–H groups in total. The van der Waals surface area contributed by atoms with Crippen LogP contribution < -0.4 is 56.7 Å². The predicted molar refractivity (Wildman–Crippen MR) is 76.2 cm³/mol. The minimum Gasteiger partial charge on any atom is -1.00 e. The number of allylic oxidation sites excluding steroid dienone is 1. The molecule has 0 saturated carbocycles. The van der Waals surface area contributed by atoms with Gasteiger partial charge in [0.2, 0.25) is 0 Å². The summed E-state index contributed by atoms with van der Waals surface area (Å²) in [5.41, 5.74) is 1.38. The number of carboxylic acid groups (broad SMARTS) is 1. The Bertz CT molecular complexity index is 494. The summed E-state index contributed by atoms with van der Waals surface area (Å²) in [5.74, 6) is -1.45. The van der Waals surface area contributed by atoms with E-state index in [1.807, 2.05) is 30.3 Å². The topological polar surface area (TPSA) is 75.6 Å². The second kappa shape index (κ2) is 11.0. The molecule has 0 unspecified atom stereocenters. The van der Waals surface area contributed by atoms with Gasteiger partial charge in [0, 0.05) is 18.2 Å². The molecule has 0 amide bonds. The van der Waals surface area contributed by atoms with Crippen LogP contribution in [0.4, 0.5) is 0 Å². The number of aliphatic carboxylic acids is 1. The molecule has 5 nitrogen and oxygen atoms in total. The van der Waals surface area contributed by atoms with E-state index in [2.05, 4.69) is 5.32 Å². The maximum absolute atomic E-state index is 11.3. The van der Waals surface area contributed by atoms with Crippen LogP contribution in [0.2, 0.25) is 0 Å². The van der Waals surface area contributed by atoms with Gasteiger partial charge >= 0.3 is 63.3 Å². The summed E-state index contributed by atoms with van der Waals surface area (Å²) < 4.78 is 4.77. The third kappa shape index (κ3) is 8.38. The first-order chi connectivity index (χ1) is 9.52. The van der Waals surface area contributed by atoms with Gasteiger partial charge in [0.05, 0.1) is 6.61 Å². The normalized spacial score (nSPS) is 12.0. The van der Waals surface area contributed by atoms with E-state index in [1.165, 1.54) is 6.08 Å². The number of carbonyl (C=O) groups excluding carboxylic acids is 1. The number of carbonyl (C=O) groups is 2. The molecule has 1 atom stereocenters.